The summed E-state index contributed by atoms with van der Waals surface area (Å²) in [5.74, 6) is 0.261. The van der Waals surface area contributed by atoms with Crippen molar-refractivity contribution in [3.63, 3.8) is 0 Å². The van der Waals surface area contributed by atoms with Crippen LogP contribution < -0.4 is 0 Å². The molecule has 144 valence electrons. The Balaban J connectivity index is 1.45. The van der Waals surface area contributed by atoms with Gasteiger partial charge >= 0.3 is 0 Å². The standard InChI is InChI=1S/C19H24ClN5O2/c20-17-8-15(9-21-11-17)19(26)25-3-1-2-14(13-25)18-16(10-22-23-18)12-24-4-6-27-7-5-24/h8-11,14H,1-7,12-13H2,(H,22,23). The van der Waals surface area contributed by atoms with Gasteiger partial charge in [0.2, 0.25) is 0 Å². The quantitative estimate of drug-likeness (QED) is 0.868. The third-order valence-electron chi connectivity index (χ3n) is 5.32. The molecule has 0 saturated carbocycles. The molecule has 0 radical (unpaired) electrons. The first-order valence-electron chi connectivity index (χ1n) is 9.43. The third-order valence-corrected chi connectivity index (χ3v) is 5.52. The van der Waals surface area contributed by atoms with E-state index in [9.17, 15) is 4.79 Å². The zero-order valence-electron chi connectivity index (χ0n) is 15.2. The molecule has 4 rings (SSSR count). The number of amides is 1. The van der Waals surface area contributed by atoms with Crippen LogP contribution in [0.15, 0.2) is 24.7 Å². The highest BCUT2D eigenvalue weighted by Gasteiger charge is 2.28. The van der Waals surface area contributed by atoms with E-state index in [2.05, 4.69) is 20.1 Å². The zero-order valence-corrected chi connectivity index (χ0v) is 16.0. The van der Waals surface area contributed by atoms with Crippen molar-refractivity contribution in [2.24, 2.45) is 0 Å². The molecule has 0 aliphatic carbocycles. The predicted octanol–water partition coefficient (Wildman–Crippen LogP) is 2.31. The van der Waals surface area contributed by atoms with Crippen LogP contribution in [0.2, 0.25) is 5.02 Å². The maximum Gasteiger partial charge on any atom is 0.255 e. The van der Waals surface area contributed by atoms with Crippen molar-refractivity contribution >= 4 is 17.5 Å². The van der Waals surface area contributed by atoms with Gasteiger partial charge in [0.25, 0.3) is 5.91 Å². The third kappa shape index (κ3) is 4.31. The fraction of sp³-hybridized carbons (Fsp3) is 0.526. The van der Waals surface area contributed by atoms with Crippen molar-refractivity contribution in [2.75, 3.05) is 39.4 Å². The molecular weight excluding hydrogens is 366 g/mol. The normalized spacial score (nSPS) is 21.4. The molecule has 2 aliphatic heterocycles. The summed E-state index contributed by atoms with van der Waals surface area (Å²) >= 11 is 5.99. The van der Waals surface area contributed by atoms with Crippen LogP contribution in [0.5, 0.6) is 0 Å². The van der Waals surface area contributed by atoms with Gasteiger partial charge in [-0.1, -0.05) is 11.6 Å². The van der Waals surface area contributed by atoms with Gasteiger partial charge in [0.15, 0.2) is 0 Å². The number of carbonyl (C=O) groups excluding carboxylic acids is 1. The summed E-state index contributed by atoms with van der Waals surface area (Å²) in [6.45, 7) is 5.78. The number of hydrogen-bond acceptors (Lipinski definition) is 5. The van der Waals surface area contributed by atoms with E-state index in [0.717, 1.165) is 57.9 Å². The molecule has 2 saturated heterocycles. The van der Waals surface area contributed by atoms with Crippen molar-refractivity contribution in [1.82, 2.24) is 25.0 Å². The molecular formula is C19H24ClN5O2. The van der Waals surface area contributed by atoms with Crippen molar-refractivity contribution in [2.45, 2.75) is 25.3 Å². The maximum absolute atomic E-state index is 12.8. The number of H-pyrrole nitrogens is 1. The Morgan fingerprint density at radius 1 is 1.26 bits per heavy atom. The van der Waals surface area contributed by atoms with Crippen LogP contribution in [0.4, 0.5) is 0 Å². The lowest BCUT2D eigenvalue weighted by Crippen LogP contribution is -2.40. The van der Waals surface area contributed by atoms with Gasteiger partial charge in [-0.05, 0) is 18.9 Å². The molecule has 7 nitrogen and oxygen atoms in total. The molecule has 27 heavy (non-hydrogen) atoms. The van der Waals surface area contributed by atoms with Gasteiger partial charge in [0, 0.05) is 62.3 Å². The van der Waals surface area contributed by atoms with Crippen LogP contribution in [0.1, 0.15) is 40.4 Å². The topological polar surface area (TPSA) is 74.4 Å². The first-order chi connectivity index (χ1) is 13.2. The lowest BCUT2D eigenvalue weighted by molar-refractivity contribution is 0.0339. The van der Waals surface area contributed by atoms with Gasteiger partial charge in [-0.15, -0.1) is 0 Å². The van der Waals surface area contributed by atoms with Crippen LogP contribution in [0.25, 0.3) is 0 Å². The van der Waals surface area contributed by atoms with Crippen LogP contribution in [-0.4, -0.2) is 70.3 Å². The second-order valence-electron chi connectivity index (χ2n) is 7.18. The van der Waals surface area contributed by atoms with E-state index in [0.29, 0.717) is 17.1 Å². The van der Waals surface area contributed by atoms with Crippen molar-refractivity contribution < 1.29 is 9.53 Å². The fourth-order valence-corrected chi connectivity index (χ4v) is 4.08. The van der Waals surface area contributed by atoms with Gasteiger partial charge < -0.3 is 9.64 Å². The van der Waals surface area contributed by atoms with E-state index in [-0.39, 0.29) is 11.8 Å². The van der Waals surface area contributed by atoms with Crippen molar-refractivity contribution in [3.05, 3.63) is 46.5 Å². The Morgan fingerprint density at radius 3 is 2.93 bits per heavy atom. The minimum atomic E-state index is -0.0102. The number of halogens is 1. The number of aromatic nitrogens is 3. The molecule has 0 aromatic carbocycles. The Bertz CT molecular complexity index is 790. The van der Waals surface area contributed by atoms with Crippen LogP contribution in [0, 0.1) is 0 Å². The largest absolute Gasteiger partial charge is 0.379 e. The summed E-state index contributed by atoms with van der Waals surface area (Å²) in [6.07, 6.45) is 7.07. The smallest absolute Gasteiger partial charge is 0.255 e. The molecule has 0 spiro atoms. The molecule has 1 amide bonds. The highest BCUT2D eigenvalue weighted by molar-refractivity contribution is 6.30. The number of nitrogens with zero attached hydrogens (tertiary/aromatic N) is 4. The molecule has 4 heterocycles. The Kier molecular flexibility index (Phi) is 5.71. The minimum absolute atomic E-state index is 0.0102. The van der Waals surface area contributed by atoms with Gasteiger partial charge in [-0.25, -0.2) is 0 Å². The first-order valence-corrected chi connectivity index (χ1v) is 9.80. The maximum atomic E-state index is 12.8. The molecule has 2 aliphatic rings. The monoisotopic (exact) mass is 389 g/mol. The molecule has 2 aromatic heterocycles. The number of morpholine rings is 1. The summed E-state index contributed by atoms with van der Waals surface area (Å²) < 4.78 is 5.43. The van der Waals surface area contributed by atoms with E-state index < -0.39 is 0 Å². The lowest BCUT2D eigenvalue weighted by atomic mass is 9.92. The van der Waals surface area contributed by atoms with Gasteiger partial charge in [0.1, 0.15) is 0 Å². The second-order valence-corrected chi connectivity index (χ2v) is 7.62. The SMILES string of the molecule is O=C(c1cncc(Cl)c1)N1CCCC(c2[nH]ncc2CN2CCOCC2)C1. The van der Waals surface area contributed by atoms with E-state index in [4.69, 9.17) is 16.3 Å². The summed E-state index contributed by atoms with van der Waals surface area (Å²) in [5.41, 5.74) is 2.92. The number of nitrogens with one attached hydrogen (secondary N) is 1. The summed E-state index contributed by atoms with van der Waals surface area (Å²) in [4.78, 5) is 21.2. The summed E-state index contributed by atoms with van der Waals surface area (Å²) in [6, 6.07) is 1.68. The van der Waals surface area contributed by atoms with E-state index in [1.165, 1.54) is 5.56 Å². The average Bonchev–Trinajstić information content (AvgIpc) is 3.16. The van der Waals surface area contributed by atoms with Crippen LogP contribution >= 0.6 is 11.6 Å². The summed E-state index contributed by atoms with van der Waals surface area (Å²) in [7, 11) is 0. The molecule has 1 atom stereocenters. The number of carbonyl (C=O) groups is 1. The highest BCUT2D eigenvalue weighted by Crippen LogP contribution is 2.29. The molecule has 1 N–H and O–H groups in total. The fourth-order valence-electron chi connectivity index (χ4n) is 3.91. The van der Waals surface area contributed by atoms with Gasteiger partial charge in [0.05, 0.1) is 30.0 Å². The zero-order chi connectivity index (χ0) is 18.6. The summed E-state index contributed by atoms with van der Waals surface area (Å²) in [5, 5.41) is 7.96. The first kappa shape index (κ1) is 18.4. The minimum Gasteiger partial charge on any atom is -0.379 e. The second kappa shape index (κ2) is 8.37. The Labute approximate surface area is 163 Å². The van der Waals surface area contributed by atoms with Gasteiger partial charge in [-0.3, -0.25) is 19.8 Å². The van der Waals surface area contributed by atoms with E-state index in [1.54, 1.807) is 18.5 Å². The average molecular weight is 390 g/mol. The number of ether oxygens (including phenoxy) is 1. The number of rotatable bonds is 4. The number of hydrogen-bond donors (Lipinski definition) is 1. The molecule has 8 heteroatoms. The number of piperidine rings is 1. The van der Waals surface area contributed by atoms with E-state index in [1.807, 2.05) is 11.1 Å². The van der Waals surface area contributed by atoms with Crippen molar-refractivity contribution in [3.8, 4) is 0 Å². The predicted molar refractivity (Wildman–Crippen MR) is 102 cm³/mol. The number of aromatic amines is 1. The van der Waals surface area contributed by atoms with Gasteiger partial charge in [-0.2, -0.15) is 5.10 Å². The lowest BCUT2D eigenvalue weighted by Gasteiger charge is -2.33. The van der Waals surface area contributed by atoms with Crippen LogP contribution in [-0.2, 0) is 11.3 Å². The number of pyridine rings is 1. The number of likely N-dealkylation sites (tertiary alicyclic amines) is 1. The molecule has 2 fully saturated rings. The highest BCUT2D eigenvalue weighted by atomic mass is 35.5. The Hall–Kier alpha value is -1.96. The Morgan fingerprint density at radius 2 is 2.11 bits per heavy atom. The van der Waals surface area contributed by atoms with Crippen LogP contribution in [0.3, 0.4) is 0 Å². The molecule has 0 bridgehead atoms. The van der Waals surface area contributed by atoms with Crippen molar-refractivity contribution in [1.29, 1.82) is 0 Å². The molecule has 1 unspecified atom stereocenters. The molecule has 2 aromatic rings. The van der Waals surface area contributed by atoms with E-state index >= 15 is 0 Å².